The number of nitrogens with zero attached hydrogens (tertiary/aromatic N) is 3. The molecule has 7 heteroatoms. The normalized spacial score (nSPS) is 11.2. The zero-order chi connectivity index (χ0) is 23.5. The molecule has 0 aliphatic carbocycles. The average Bonchev–Trinajstić information content (AvgIpc) is 2.82. The summed E-state index contributed by atoms with van der Waals surface area (Å²) in [6.45, 7) is 0.866. The molecule has 0 unspecified atom stereocenters. The molecule has 0 amide bonds. The number of aromatic nitrogens is 2. The number of benzene rings is 3. The van der Waals surface area contributed by atoms with E-state index in [1.54, 1.807) is 14.2 Å². The first-order chi connectivity index (χ1) is 15.9. The van der Waals surface area contributed by atoms with Crippen LogP contribution in [0.1, 0.15) is 5.56 Å². The van der Waals surface area contributed by atoms with Crippen molar-refractivity contribution in [2.24, 2.45) is 0 Å². The van der Waals surface area contributed by atoms with Crippen LogP contribution in [0.5, 0.6) is 11.5 Å². The monoisotopic (exact) mass is 481 g/mol. The molecule has 0 radical (unpaired) electrons. The molecule has 0 atom stereocenters. The average molecular weight is 482 g/mol. The first kappa shape index (κ1) is 23.3. The van der Waals surface area contributed by atoms with E-state index in [9.17, 15) is 0 Å². The third kappa shape index (κ3) is 4.91. The lowest BCUT2D eigenvalue weighted by molar-refractivity contribution is 0.390. The highest BCUT2D eigenvalue weighted by Gasteiger charge is 2.21. The van der Waals surface area contributed by atoms with Crippen molar-refractivity contribution in [3.8, 4) is 34.0 Å². The lowest BCUT2D eigenvalue weighted by Crippen LogP contribution is -2.15. The topological polar surface area (TPSA) is 47.5 Å². The van der Waals surface area contributed by atoms with Gasteiger partial charge in [0.1, 0.15) is 22.5 Å². The first-order valence-corrected chi connectivity index (χ1v) is 11.3. The Morgan fingerprint density at radius 2 is 1.27 bits per heavy atom. The van der Waals surface area contributed by atoms with Crippen LogP contribution in [0.2, 0.25) is 10.0 Å². The molecule has 4 rings (SSSR count). The van der Waals surface area contributed by atoms with Gasteiger partial charge in [-0.25, -0.2) is 9.97 Å². The van der Waals surface area contributed by atoms with Crippen LogP contribution in [-0.2, 0) is 6.42 Å². The zero-order valence-electron chi connectivity index (χ0n) is 19.0. The number of ether oxygens (including phenoxy) is 2. The van der Waals surface area contributed by atoms with Gasteiger partial charge in [0.25, 0.3) is 0 Å². The minimum absolute atomic E-state index is 0.644. The molecule has 0 spiro atoms. The number of likely N-dealkylation sites (N-methyl/N-ethyl adjacent to an activating group) is 1. The molecule has 0 fully saturated rings. The van der Waals surface area contributed by atoms with Crippen molar-refractivity contribution in [3.63, 3.8) is 0 Å². The van der Waals surface area contributed by atoms with Gasteiger partial charge in [0.05, 0.1) is 25.6 Å². The Morgan fingerprint density at radius 3 is 1.73 bits per heavy atom. The summed E-state index contributed by atoms with van der Waals surface area (Å²) in [5.74, 6) is 1.36. The molecule has 1 aromatic heterocycles. The Labute approximate surface area is 203 Å². The summed E-state index contributed by atoms with van der Waals surface area (Å²) in [5.41, 5.74) is 5.58. The van der Waals surface area contributed by atoms with Crippen LogP contribution in [0.3, 0.4) is 0 Å². The Morgan fingerprint density at radius 1 is 0.758 bits per heavy atom. The van der Waals surface area contributed by atoms with E-state index in [-0.39, 0.29) is 0 Å². The number of rotatable bonds is 7. The molecule has 0 saturated heterocycles. The third-order valence-corrected chi connectivity index (χ3v) is 5.93. The van der Waals surface area contributed by atoms with Gasteiger partial charge in [-0.05, 0) is 50.8 Å². The van der Waals surface area contributed by atoms with E-state index < -0.39 is 0 Å². The summed E-state index contributed by atoms with van der Waals surface area (Å²) >= 11 is 12.3. The van der Waals surface area contributed by atoms with Gasteiger partial charge in [-0.2, -0.15) is 0 Å². The lowest BCUT2D eigenvalue weighted by atomic mass is 10.0. The van der Waals surface area contributed by atoms with Crippen molar-refractivity contribution in [1.82, 2.24) is 14.9 Å². The molecular formula is C26H25Cl2N3O2. The number of methoxy groups -OCH3 is 2. The van der Waals surface area contributed by atoms with Crippen LogP contribution in [-0.4, -0.2) is 49.7 Å². The third-order valence-electron chi connectivity index (χ3n) is 5.43. The van der Waals surface area contributed by atoms with Crippen LogP contribution in [0.25, 0.3) is 33.5 Å². The van der Waals surface area contributed by atoms with Gasteiger partial charge in [-0.1, -0.05) is 47.5 Å². The molecule has 0 N–H and O–H groups in total. The van der Waals surface area contributed by atoms with Gasteiger partial charge >= 0.3 is 0 Å². The molecule has 5 nitrogen and oxygen atoms in total. The van der Waals surface area contributed by atoms with Crippen molar-refractivity contribution >= 4 is 34.2 Å². The summed E-state index contributed by atoms with van der Waals surface area (Å²) in [4.78, 5) is 12.2. The Kier molecular flexibility index (Phi) is 7.03. The fourth-order valence-electron chi connectivity index (χ4n) is 3.74. The number of fused-ring (bicyclic) bond motifs is 1. The maximum Gasteiger partial charge on any atom is 0.150 e. The largest absolute Gasteiger partial charge is 0.494 e. The van der Waals surface area contributed by atoms with Crippen LogP contribution >= 0.6 is 23.2 Å². The van der Waals surface area contributed by atoms with Crippen LogP contribution in [0.15, 0.2) is 54.6 Å². The standard InChI is InChI=1S/C26H25Cl2N3O2/c1-31(2)14-13-18-15-21(32-3)24-25(26(18)33-4)30-23(17-7-11-20(28)12-8-17)22(29-24)16-5-9-19(27)10-6-16/h5-12,15H,13-14H2,1-4H3. The van der Waals surface area contributed by atoms with E-state index in [1.807, 2.05) is 68.7 Å². The predicted molar refractivity (Wildman–Crippen MR) is 136 cm³/mol. The molecule has 0 aliphatic rings. The summed E-state index contributed by atoms with van der Waals surface area (Å²) in [5, 5.41) is 1.32. The van der Waals surface area contributed by atoms with Gasteiger partial charge < -0.3 is 14.4 Å². The van der Waals surface area contributed by atoms with Crippen LogP contribution in [0, 0.1) is 0 Å². The fourth-order valence-corrected chi connectivity index (χ4v) is 3.99. The highest BCUT2D eigenvalue weighted by molar-refractivity contribution is 6.31. The second-order valence-electron chi connectivity index (χ2n) is 7.96. The summed E-state index contributed by atoms with van der Waals surface area (Å²) < 4.78 is 11.6. The molecular weight excluding hydrogens is 457 g/mol. The van der Waals surface area contributed by atoms with Crippen molar-refractivity contribution < 1.29 is 9.47 Å². The summed E-state index contributed by atoms with van der Waals surface area (Å²) in [7, 11) is 7.40. The van der Waals surface area contributed by atoms with E-state index in [4.69, 9.17) is 42.6 Å². The van der Waals surface area contributed by atoms with Crippen molar-refractivity contribution in [3.05, 3.63) is 70.2 Å². The lowest BCUT2D eigenvalue weighted by Gasteiger charge is -2.18. The molecule has 3 aromatic carbocycles. The highest BCUT2D eigenvalue weighted by atomic mass is 35.5. The van der Waals surface area contributed by atoms with Crippen molar-refractivity contribution in [2.45, 2.75) is 6.42 Å². The smallest absolute Gasteiger partial charge is 0.150 e. The zero-order valence-corrected chi connectivity index (χ0v) is 20.5. The van der Waals surface area contributed by atoms with Crippen LogP contribution < -0.4 is 9.47 Å². The van der Waals surface area contributed by atoms with Crippen LogP contribution in [0.4, 0.5) is 0 Å². The molecule has 1 heterocycles. The van der Waals surface area contributed by atoms with E-state index >= 15 is 0 Å². The molecule has 0 saturated carbocycles. The van der Waals surface area contributed by atoms with Gasteiger partial charge in [-0.15, -0.1) is 0 Å². The highest BCUT2D eigenvalue weighted by Crippen LogP contribution is 2.39. The Hall–Kier alpha value is -2.86. The number of hydrogen-bond donors (Lipinski definition) is 0. The molecule has 4 aromatic rings. The first-order valence-electron chi connectivity index (χ1n) is 10.5. The SMILES string of the molecule is COc1cc(CCN(C)C)c(OC)c2nc(-c3ccc(Cl)cc3)c(-c3ccc(Cl)cc3)nc12. The van der Waals surface area contributed by atoms with Gasteiger partial charge in [-0.3, -0.25) is 0 Å². The molecule has 170 valence electrons. The van der Waals surface area contributed by atoms with E-state index in [1.165, 1.54) is 0 Å². The Bertz CT molecular complexity index is 1270. The summed E-state index contributed by atoms with van der Waals surface area (Å²) in [6, 6.07) is 17.1. The van der Waals surface area contributed by atoms with Gasteiger partial charge in [0, 0.05) is 33.3 Å². The van der Waals surface area contributed by atoms with Crippen molar-refractivity contribution in [2.75, 3.05) is 34.9 Å². The predicted octanol–water partition coefficient (Wildman–Crippen LogP) is 6.39. The minimum atomic E-state index is 0.644. The van der Waals surface area contributed by atoms with Gasteiger partial charge in [0.2, 0.25) is 0 Å². The second-order valence-corrected chi connectivity index (χ2v) is 8.83. The minimum Gasteiger partial charge on any atom is -0.494 e. The quantitative estimate of drug-likeness (QED) is 0.305. The van der Waals surface area contributed by atoms with Crippen molar-refractivity contribution in [1.29, 1.82) is 0 Å². The maximum atomic E-state index is 6.15. The fraction of sp³-hybridized carbons (Fsp3) is 0.231. The van der Waals surface area contributed by atoms with E-state index in [0.717, 1.165) is 41.0 Å². The second kappa shape index (κ2) is 9.96. The molecule has 33 heavy (non-hydrogen) atoms. The number of halogens is 2. The molecule has 0 aliphatic heterocycles. The summed E-state index contributed by atoms with van der Waals surface area (Å²) in [6.07, 6.45) is 0.791. The number of hydrogen-bond acceptors (Lipinski definition) is 5. The van der Waals surface area contributed by atoms with Gasteiger partial charge in [0.15, 0.2) is 0 Å². The van der Waals surface area contributed by atoms with E-state index in [0.29, 0.717) is 32.6 Å². The maximum absolute atomic E-state index is 6.15. The molecule has 0 bridgehead atoms. The Balaban J connectivity index is 2.03. The van der Waals surface area contributed by atoms with E-state index in [2.05, 4.69) is 4.90 Å².